The summed E-state index contributed by atoms with van der Waals surface area (Å²) in [5.74, 6) is -2.10. The van der Waals surface area contributed by atoms with Crippen LogP contribution in [-0.2, 0) is 24.3 Å². The molecule has 128 valence electrons. The van der Waals surface area contributed by atoms with Crippen molar-refractivity contribution in [3.63, 3.8) is 0 Å². The van der Waals surface area contributed by atoms with Crippen LogP contribution in [-0.4, -0.2) is 40.0 Å². The molecule has 7 nitrogen and oxygen atoms in total. The highest BCUT2D eigenvalue weighted by Crippen LogP contribution is 2.12. The van der Waals surface area contributed by atoms with Gasteiger partial charge in [0.15, 0.2) is 6.61 Å². The largest absolute Gasteiger partial charge is 0.455 e. The Morgan fingerprint density at radius 2 is 1.91 bits per heavy atom. The molecule has 1 aromatic rings. The van der Waals surface area contributed by atoms with Crippen molar-refractivity contribution < 1.29 is 27.1 Å². The first kappa shape index (κ1) is 19.0. The number of rotatable bonds is 8. The second kappa shape index (κ2) is 8.59. The van der Waals surface area contributed by atoms with Gasteiger partial charge in [0.2, 0.25) is 10.0 Å². The lowest BCUT2D eigenvalue weighted by molar-refractivity contribution is -0.147. The van der Waals surface area contributed by atoms with Crippen molar-refractivity contribution in [1.29, 1.82) is 0 Å². The van der Waals surface area contributed by atoms with E-state index in [1.165, 1.54) is 12.1 Å². The zero-order valence-electron chi connectivity index (χ0n) is 12.8. The van der Waals surface area contributed by atoms with Gasteiger partial charge in [-0.25, -0.2) is 12.8 Å². The fraction of sp³-hybridized carbons (Fsp3) is 0.429. The zero-order chi connectivity index (χ0) is 17.5. The van der Waals surface area contributed by atoms with Gasteiger partial charge in [0.25, 0.3) is 5.91 Å². The van der Waals surface area contributed by atoms with Gasteiger partial charge in [0, 0.05) is 6.54 Å². The van der Waals surface area contributed by atoms with Gasteiger partial charge >= 0.3 is 5.97 Å². The average molecular weight is 346 g/mol. The third kappa shape index (κ3) is 6.74. The topological polar surface area (TPSA) is 102 Å². The molecule has 0 spiro atoms. The molecule has 1 rings (SSSR count). The van der Waals surface area contributed by atoms with Crippen LogP contribution < -0.4 is 10.0 Å². The molecule has 9 heteroatoms. The number of amides is 1. The summed E-state index contributed by atoms with van der Waals surface area (Å²) in [6, 6.07) is 4.77. The van der Waals surface area contributed by atoms with Crippen LogP contribution >= 0.6 is 0 Å². The third-order valence-corrected chi connectivity index (χ3v) is 4.04. The van der Waals surface area contributed by atoms with Gasteiger partial charge in [-0.15, -0.1) is 0 Å². The lowest BCUT2D eigenvalue weighted by Crippen LogP contribution is -2.35. The minimum atomic E-state index is -4.17. The first-order valence-corrected chi connectivity index (χ1v) is 8.37. The normalized spacial score (nSPS) is 11.3. The second-order valence-electron chi connectivity index (χ2n) is 5.11. The van der Waals surface area contributed by atoms with Crippen molar-refractivity contribution >= 4 is 21.9 Å². The minimum Gasteiger partial charge on any atom is -0.455 e. The summed E-state index contributed by atoms with van der Waals surface area (Å²) in [7, 11) is -4.17. The molecule has 23 heavy (non-hydrogen) atoms. The molecule has 0 unspecified atom stereocenters. The van der Waals surface area contributed by atoms with Crippen molar-refractivity contribution in [3.05, 3.63) is 30.1 Å². The summed E-state index contributed by atoms with van der Waals surface area (Å²) in [6.07, 6.45) is 0. The van der Waals surface area contributed by atoms with E-state index in [0.717, 1.165) is 12.1 Å². The number of halogens is 1. The maximum atomic E-state index is 13.4. The maximum Gasteiger partial charge on any atom is 0.321 e. The number of hydrogen-bond donors (Lipinski definition) is 2. The fourth-order valence-corrected chi connectivity index (χ4v) is 2.51. The Kier molecular flexibility index (Phi) is 7.11. The van der Waals surface area contributed by atoms with Crippen molar-refractivity contribution in [2.24, 2.45) is 5.92 Å². The van der Waals surface area contributed by atoms with Crippen LogP contribution in [0.25, 0.3) is 0 Å². The Hall–Kier alpha value is -2.00. The van der Waals surface area contributed by atoms with E-state index in [9.17, 15) is 22.4 Å². The molecule has 0 bridgehead atoms. The molecule has 2 N–H and O–H groups in total. The van der Waals surface area contributed by atoms with Gasteiger partial charge in [0.05, 0.1) is 0 Å². The molecule has 0 saturated carbocycles. The molecule has 0 fully saturated rings. The highest BCUT2D eigenvalue weighted by atomic mass is 32.2. The summed E-state index contributed by atoms with van der Waals surface area (Å²) in [5, 5.41) is 2.54. The van der Waals surface area contributed by atoms with Gasteiger partial charge in [-0.3, -0.25) is 9.59 Å². The van der Waals surface area contributed by atoms with Gasteiger partial charge in [-0.05, 0) is 18.1 Å². The predicted molar refractivity (Wildman–Crippen MR) is 80.4 cm³/mol. The molecular weight excluding hydrogens is 327 g/mol. The second-order valence-corrected chi connectivity index (χ2v) is 6.85. The number of ether oxygens (including phenoxy) is 1. The maximum absolute atomic E-state index is 13.4. The zero-order valence-corrected chi connectivity index (χ0v) is 13.7. The van der Waals surface area contributed by atoms with E-state index >= 15 is 0 Å². The number of benzene rings is 1. The molecule has 0 aromatic heterocycles. The van der Waals surface area contributed by atoms with E-state index in [0.29, 0.717) is 6.54 Å². The predicted octanol–water partition coefficient (Wildman–Crippen LogP) is 0.419. The monoisotopic (exact) mass is 346 g/mol. The lowest BCUT2D eigenvalue weighted by atomic mass is 10.2. The minimum absolute atomic E-state index is 0.252. The first-order valence-electron chi connectivity index (χ1n) is 6.89. The molecule has 0 heterocycles. The molecule has 0 atom stereocenters. The third-order valence-electron chi connectivity index (χ3n) is 2.60. The van der Waals surface area contributed by atoms with E-state index in [4.69, 9.17) is 0 Å². The average Bonchev–Trinajstić information content (AvgIpc) is 2.49. The Labute approximate surface area is 134 Å². The Bertz CT molecular complexity index is 661. The van der Waals surface area contributed by atoms with Crippen molar-refractivity contribution in [2.45, 2.75) is 18.7 Å². The highest BCUT2D eigenvalue weighted by molar-refractivity contribution is 7.89. The quantitative estimate of drug-likeness (QED) is 0.664. The van der Waals surface area contributed by atoms with Crippen LogP contribution in [0.15, 0.2) is 29.2 Å². The van der Waals surface area contributed by atoms with Gasteiger partial charge in [-0.2, -0.15) is 4.72 Å². The number of esters is 1. The van der Waals surface area contributed by atoms with E-state index in [-0.39, 0.29) is 5.92 Å². The molecule has 0 aliphatic rings. The molecule has 0 aliphatic heterocycles. The molecule has 0 saturated heterocycles. The Morgan fingerprint density at radius 1 is 1.26 bits per heavy atom. The number of sulfonamides is 1. The highest BCUT2D eigenvalue weighted by Gasteiger charge is 2.20. The molecule has 0 aliphatic carbocycles. The van der Waals surface area contributed by atoms with E-state index in [2.05, 4.69) is 10.1 Å². The summed E-state index contributed by atoms with van der Waals surface area (Å²) >= 11 is 0. The summed E-state index contributed by atoms with van der Waals surface area (Å²) in [4.78, 5) is 22.2. The molecule has 1 aromatic carbocycles. The summed E-state index contributed by atoms with van der Waals surface area (Å²) in [5.41, 5.74) is 0. The number of hydrogen-bond acceptors (Lipinski definition) is 5. The van der Waals surface area contributed by atoms with Crippen LogP contribution in [0, 0.1) is 11.7 Å². The first-order chi connectivity index (χ1) is 10.7. The number of carbonyl (C=O) groups is 2. The van der Waals surface area contributed by atoms with Gasteiger partial charge < -0.3 is 10.1 Å². The Balaban J connectivity index is 2.44. The standard InChI is InChI=1S/C14H19FN2O5S/c1-10(2)7-16-13(18)9-22-14(19)8-17-23(20,21)12-6-4-3-5-11(12)15/h3-6,10,17H,7-9H2,1-2H3,(H,16,18). The Morgan fingerprint density at radius 3 is 2.52 bits per heavy atom. The summed E-state index contributed by atoms with van der Waals surface area (Å²) < 4.78 is 43.6. The van der Waals surface area contributed by atoms with E-state index in [1.54, 1.807) is 0 Å². The van der Waals surface area contributed by atoms with Crippen molar-refractivity contribution in [2.75, 3.05) is 19.7 Å². The van der Waals surface area contributed by atoms with Gasteiger partial charge in [-0.1, -0.05) is 26.0 Å². The number of nitrogens with one attached hydrogen (secondary N) is 2. The van der Waals surface area contributed by atoms with Crippen molar-refractivity contribution in [1.82, 2.24) is 10.0 Å². The van der Waals surface area contributed by atoms with E-state index in [1.807, 2.05) is 18.6 Å². The van der Waals surface area contributed by atoms with Crippen LogP contribution in [0.1, 0.15) is 13.8 Å². The summed E-state index contributed by atoms with van der Waals surface area (Å²) in [6.45, 7) is 3.05. The van der Waals surface area contributed by atoms with Crippen LogP contribution in [0.5, 0.6) is 0 Å². The van der Waals surface area contributed by atoms with Crippen LogP contribution in [0.3, 0.4) is 0 Å². The number of carbonyl (C=O) groups excluding carboxylic acids is 2. The molecule has 1 amide bonds. The fourth-order valence-electron chi connectivity index (χ4n) is 1.46. The van der Waals surface area contributed by atoms with Crippen LogP contribution in [0.2, 0.25) is 0 Å². The molecule has 0 radical (unpaired) electrons. The molecular formula is C14H19FN2O5S. The van der Waals surface area contributed by atoms with Crippen LogP contribution in [0.4, 0.5) is 4.39 Å². The lowest BCUT2D eigenvalue weighted by Gasteiger charge is -2.09. The van der Waals surface area contributed by atoms with Gasteiger partial charge in [0.1, 0.15) is 17.3 Å². The van der Waals surface area contributed by atoms with Crippen molar-refractivity contribution in [3.8, 4) is 0 Å². The van der Waals surface area contributed by atoms with E-state index < -0.39 is 45.8 Å². The smallest absolute Gasteiger partial charge is 0.321 e. The SMILES string of the molecule is CC(C)CNC(=O)COC(=O)CNS(=O)(=O)c1ccccc1F.